The van der Waals surface area contributed by atoms with Crippen LogP contribution in [0.25, 0.3) is 0 Å². The first kappa shape index (κ1) is 12.9. The molecule has 0 amide bonds. The van der Waals surface area contributed by atoms with Crippen molar-refractivity contribution in [3.8, 4) is 0 Å². The molecular formula is C14H24O3. The lowest BCUT2D eigenvalue weighted by Crippen LogP contribution is -2.42. The highest BCUT2D eigenvalue weighted by atomic mass is 16.4. The fourth-order valence-electron chi connectivity index (χ4n) is 3.95. The van der Waals surface area contributed by atoms with Crippen LogP contribution < -0.4 is 0 Å². The Hall–Kier alpha value is -0.570. The predicted molar refractivity (Wildman–Crippen MR) is 65.7 cm³/mol. The lowest BCUT2D eigenvalue weighted by molar-refractivity contribution is -0.156. The van der Waals surface area contributed by atoms with E-state index in [0.717, 1.165) is 51.4 Å². The summed E-state index contributed by atoms with van der Waals surface area (Å²) in [4.78, 5) is 11.7. The topological polar surface area (TPSA) is 57.5 Å². The molecule has 17 heavy (non-hydrogen) atoms. The SMILES string of the molecule is CC1CCC(C(=O)O)(C2CCCCCC2O)C1. The number of hydrogen-bond donors (Lipinski definition) is 2. The molecule has 0 aromatic heterocycles. The molecule has 0 heterocycles. The van der Waals surface area contributed by atoms with Gasteiger partial charge in [-0.1, -0.05) is 26.2 Å². The van der Waals surface area contributed by atoms with Gasteiger partial charge in [-0.2, -0.15) is 0 Å². The van der Waals surface area contributed by atoms with Crippen molar-refractivity contribution in [2.75, 3.05) is 0 Å². The zero-order valence-electron chi connectivity index (χ0n) is 10.7. The van der Waals surface area contributed by atoms with E-state index in [9.17, 15) is 15.0 Å². The molecule has 0 saturated heterocycles. The molecule has 2 aliphatic carbocycles. The van der Waals surface area contributed by atoms with Crippen molar-refractivity contribution in [1.29, 1.82) is 0 Å². The number of aliphatic hydroxyl groups excluding tert-OH is 1. The number of carboxylic acids is 1. The van der Waals surface area contributed by atoms with E-state index in [1.807, 2.05) is 0 Å². The lowest BCUT2D eigenvalue weighted by atomic mass is 9.69. The summed E-state index contributed by atoms with van der Waals surface area (Å²) >= 11 is 0. The summed E-state index contributed by atoms with van der Waals surface area (Å²) in [5, 5.41) is 19.9. The summed E-state index contributed by atoms with van der Waals surface area (Å²) in [6.07, 6.45) is 7.03. The molecular weight excluding hydrogens is 216 g/mol. The van der Waals surface area contributed by atoms with E-state index in [1.165, 1.54) is 0 Å². The first-order valence-electron chi connectivity index (χ1n) is 6.98. The van der Waals surface area contributed by atoms with Crippen LogP contribution in [0.1, 0.15) is 58.3 Å². The van der Waals surface area contributed by atoms with E-state index in [4.69, 9.17) is 0 Å². The van der Waals surface area contributed by atoms with Gasteiger partial charge in [0, 0.05) is 5.92 Å². The Bertz CT molecular complexity index is 289. The molecule has 2 fully saturated rings. The molecule has 0 aromatic carbocycles. The summed E-state index contributed by atoms with van der Waals surface area (Å²) in [5.74, 6) is -0.207. The molecule has 4 atom stereocenters. The summed E-state index contributed by atoms with van der Waals surface area (Å²) in [7, 11) is 0. The van der Waals surface area contributed by atoms with Gasteiger partial charge in [0.25, 0.3) is 0 Å². The van der Waals surface area contributed by atoms with Gasteiger partial charge in [-0.15, -0.1) is 0 Å². The van der Waals surface area contributed by atoms with Crippen LogP contribution in [0.2, 0.25) is 0 Å². The minimum absolute atomic E-state index is 0.0209. The van der Waals surface area contributed by atoms with Crippen LogP contribution in [0, 0.1) is 17.3 Å². The standard InChI is InChI=1S/C14H24O3/c1-10-7-8-14(9-10,13(16)17)11-5-3-2-4-6-12(11)15/h10-12,15H,2-9H2,1H3,(H,16,17). The third-order valence-electron chi connectivity index (χ3n) is 4.91. The Labute approximate surface area is 103 Å². The fourth-order valence-corrected chi connectivity index (χ4v) is 3.95. The molecule has 2 saturated carbocycles. The van der Waals surface area contributed by atoms with Gasteiger partial charge in [0.15, 0.2) is 0 Å². The Kier molecular flexibility index (Phi) is 3.76. The summed E-state index contributed by atoms with van der Waals surface area (Å²) in [5.41, 5.74) is -0.636. The molecule has 0 aliphatic heterocycles. The van der Waals surface area contributed by atoms with Crippen molar-refractivity contribution >= 4 is 5.97 Å². The second-order valence-electron chi connectivity index (χ2n) is 6.12. The molecule has 2 aliphatic rings. The van der Waals surface area contributed by atoms with E-state index < -0.39 is 17.5 Å². The van der Waals surface area contributed by atoms with E-state index in [0.29, 0.717) is 5.92 Å². The quantitative estimate of drug-likeness (QED) is 0.730. The maximum Gasteiger partial charge on any atom is 0.310 e. The van der Waals surface area contributed by atoms with Crippen molar-refractivity contribution in [2.24, 2.45) is 17.3 Å². The van der Waals surface area contributed by atoms with Crippen molar-refractivity contribution < 1.29 is 15.0 Å². The van der Waals surface area contributed by atoms with Gasteiger partial charge >= 0.3 is 5.97 Å². The van der Waals surface area contributed by atoms with E-state index in [-0.39, 0.29) is 5.92 Å². The second kappa shape index (κ2) is 4.97. The van der Waals surface area contributed by atoms with Gasteiger partial charge in [-0.25, -0.2) is 0 Å². The number of aliphatic carboxylic acids is 1. The summed E-state index contributed by atoms with van der Waals surface area (Å²) in [6.45, 7) is 2.13. The smallest absolute Gasteiger partial charge is 0.310 e. The first-order valence-corrected chi connectivity index (χ1v) is 6.98. The Morgan fingerprint density at radius 2 is 1.88 bits per heavy atom. The zero-order chi connectivity index (χ0) is 12.5. The van der Waals surface area contributed by atoms with Crippen molar-refractivity contribution in [2.45, 2.75) is 64.4 Å². The van der Waals surface area contributed by atoms with Gasteiger partial charge in [-0.3, -0.25) is 4.79 Å². The van der Waals surface area contributed by atoms with E-state index in [2.05, 4.69) is 6.92 Å². The summed E-state index contributed by atoms with van der Waals surface area (Å²) < 4.78 is 0. The van der Waals surface area contributed by atoms with Crippen molar-refractivity contribution in [3.05, 3.63) is 0 Å². The monoisotopic (exact) mass is 240 g/mol. The molecule has 0 spiro atoms. The van der Waals surface area contributed by atoms with Crippen molar-refractivity contribution in [1.82, 2.24) is 0 Å². The van der Waals surface area contributed by atoms with Crippen LogP contribution in [-0.2, 0) is 4.79 Å². The third kappa shape index (κ3) is 2.35. The zero-order valence-corrected chi connectivity index (χ0v) is 10.7. The minimum Gasteiger partial charge on any atom is -0.481 e. The van der Waals surface area contributed by atoms with Crippen LogP contribution in [0.4, 0.5) is 0 Å². The second-order valence-corrected chi connectivity index (χ2v) is 6.12. The lowest BCUT2D eigenvalue weighted by Gasteiger charge is -2.36. The molecule has 4 unspecified atom stereocenters. The van der Waals surface area contributed by atoms with Crippen LogP contribution in [-0.4, -0.2) is 22.3 Å². The van der Waals surface area contributed by atoms with Gasteiger partial charge in [-0.05, 0) is 38.0 Å². The van der Waals surface area contributed by atoms with Gasteiger partial charge in [0.1, 0.15) is 0 Å². The normalized spacial score (nSPS) is 43.3. The van der Waals surface area contributed by atoms with Gasteiger partial charge in [0.2, 0.25) is 0 Å². The van der Waals surface area contributed by atoms with E-state index in [1.54, 1.807) is 0 Å². The van der Waals surface area contributed by atoms with Crippen LogP contribution in [0.15, 0.2) is 0 Å². The number of carboxylic acid groups (broad SMARTS) is 1. The van der Waals surface area contributed by atoms with E-state index >= 15 is 0 Å². The van der Waals surface area contributed by atoms with Crippen molar-refractivity contribution in [3.63, 3.8) is 0 Å². The number of aliphatic hydroxyl groups is 1. The highest BCUT2D eigenvalue weighted by Gasteiger charge is 2.51. The van der Waals surface area contributed by atoms with Gasteiger partial charge in [0.05, 0.1) is 11.5 Å². The number of carbonyl (C=O) groups is 1. The molecule has 98 valence electrons. The molecule has 3 heteroatoms. The maximum atomic E-state index is 11.7. The molecule has 0 bridgehead atoms. The molecule has 2 rings (SSSR count). The molecule has 0 radical (unpaired) electrons. The third-order valence-corrected chi connectivity index (χ3v) is 4.91. The molecule has 3 nitrogen and oxygen atoms in total. The van der Waals surface area contributed by atoms with Crippen LogP contribution >= 0.6 is 0 Å². The summed E-state index contributed by atoms with van der Waals surface area (Å²) in [6, 6.07) is 0. The number of hydrogen-bond acceptors (Lipinski definition) is 2. The first-order chi connectivity index (χ1) is 8.06. The predicted octanol–water partition coefficient (Wildman–Crippen LogP) is 2.82. The molecule has 0 aromatic rings. The van der Waals surface area contributed by atoms with Crippen LogP contribution in [0.3, 0.4) is 0 Å². The van der Waals surface area contributed by atoms with Crippen LogP contribution in [0.5, 0.6) is 0 Å². The fraction of sp³-hybridized carbons (Fsp3) is 0.929. The highest BCUT2D eigenvalue weighted by Crippen LogP contribution is 2.51. The Morgan fingerprint density at radius 1 is 1.18 bits per heavy atom. The average Bonchev–Trinajstić information content (AvgIpc) is 2.53. The van der Waals surface area contributed by atoms with Gasteiger partial charge < -0.3 is 10.2 Å². The Morgan fingerprint density at radius 3 is 2.47 bits per heavy atom. The minimum atomic E-state index is -0.673. The maximum absolute atomic E-state index is 11.7. The number of rotatable bonds is 2. The Balaban J connectivity index is 2.22. The molecule has 2 N–H and O–H groups in total. The highest BCUT2D eigenvalue weighted by molar-refractivity contribution is 5.75. The largest absolute Gasteiger partial charge is 0.481 e. The average molecular weight is 240 g/mol.